The fourth-order valence-electron chi connectivity index (χ4n) is 1.71. The van der Waals surface area contributed by atoms with E-state index in [0.717, 1.165) is 0 Å². The molecule has 0 aliphatic rings. The van der Waals surface area contributed by atoms with Crippen molar-refractivity contribution in [3.63, 3.8) is 0 Å². The summed E-state index contributed by atoms with van der Waals surface area (Å²) in [5, 5.41) is 3.60. The topological polar surface area (TPSA) is 111 Å². The lowest BCUT2D eigenvalue weighted by molar-refractivity contribution is 0.410. The Labute approximate surface area is 127 Å². The molecule has 0 unspecified atom stereocenters. The van der Waals surface area contributed by atoms with Gasteiger partial charge in [-0.05, 0) is 11.6 Å². The zero-order chi connectivity index (χ0) is 15.3. The van der Waals surface area contributed by atoms with Gasteiger partial charge in [0.2, 0.25) is 16.4 Å². The first-order valence-electron chi connectivity index (χ1n) is 6.07. The molecule has 1 aromatic heterocycles. The van der Waals surface area contributed by atoms with Crippen LogP contribution >= 0.6 is 12.2 Å². The quantitative estimate of drug-likeness (QED) is 0.707. The molecule has 0 aliphatic heterocycles. The van der Waals surface area contributed by atoms with Crippen LogP contribution in [0.4, 0.5) is 0 Å². The van der Waals surface area contributed by atoms with E-state index in [4.69, 9.17) is 18.0 Å². The molecule has 1 aromatic carbocycles. The molecule has 0 saturated heterocycles. The molecule has 7 nitrogen and oxygen atoms in total. The summed E-state index contributed by atoms with van der Waals surface area (Å²) in [4.78, 5) is 4.05. The number of rotatable bonds is 7. The van der Waals surface area contributed by atoms with Crippen molar-refractivity contribution in [1.29, 1.82) is 0 Å². The molecule has 3 N–H and O–H groups in total. The summed E-state index contributed by atoms with van der Waals surface area (Å²) >= 11 is 4.87. The van der Waals surface area contributed by atoms with Gasteiger partial charge in [-0.3, -0.25) is 0 Å². The molecule has 1 heterocycles. The van der Waals surface area contributed by atoms with Gasteiger partial charge in [-0.2, -0.15) is 4.98 Å². The maximum absolute atomic E-state index is 12.0. The van der Waals surface area contributed by atoms with E-state index in [1.165, 1.54) is 6.39 Å². The molecule has 0 fully saturated rings. The first kappa shape index (κ1) is 15.5. The SMILES string of the molecule is NC(=S)c1cccc(CS(=O)(=O)NCCc2ncon2)c1. The molecular formula is C12H14N4O3S2. The largest absolute Gasteiger partial charge is 0.389 e. The van der Waals surface area contributed by atoms with Crippen molar-refractivity contribution in [3.05, 3.63) is 47.6 Å². The number of hydrogen-bond acceptors (Lipinski definition) is 6. The Balaban J connectivity index is 1.94. The summed E-state index contributed by atoms with van der Waals surface area (Å²) in [6.07, 6.45) is 1.56. The van der Waals surface area contributed by atoms with E-state index in [2.05, 4.69) is 19.4 Å². The molecule has 21 heavy (non-hydrogen) atoms. The van der Waals surface area contributed by atoms with Crippen LogP contribution in [0.25, 0.3) is 0 Å². The number of aromatic nitrogens is 2. The fourth-order valence-corrected chi connectivity index (χ4v) is 2.97. The molecule has 0 saturated carbocycles. The van der Waals surface area contributed by atoms with Gasteiger partial charge in [0.15, 0.2) is 5.82 Å². The van der Waals surface area contributed by atoms with E-state index in [0.29, 0.717) is 23.4 Å². The predicted octanol–water partition coefficient (Wildman–Crippen LogP) is 0.366. The smallest absolute Gasteiger partial charge is 0.215 e. The minimum absolute atomic E-state index is 0.143. The van der Waals surface area contributed by atoms with Crippen molar-refractivity contribution in [2.75, 3.05) is 6.54 Å². The minimum atomic E-state index is -3.45. The van der Waals surface area contributed by atoms with Gasteiger partial charge in [-0.1, -0.05) is 35.6 Å². The van der Waals surface area contributed by atoms with Crippen LogP contribution in [0.2, 0.25) is 0 Å². The summed E-state index contributed by atoms with van der Waals surface area (Å²) in [7, 11) is -3.45. The lowest BCUT2D eigenvalue weighted by Crippen LogP contribution is -2.27. The first-order chi connectivity index (χ1) is 9.96. The van der Waals surface area contributed by atoms with Crippen LogP contribution in [0.5, 0.6) is 0 Å². The second-order valence-corrected chi connectivity index (χ2v) is 6.56. The maximum atomic E-state index is 12.0. The fraction of sp³-hybridized carbons (Fsp3) is 0.250. The van der Waals surface area contributed by atoms with Gasteiger partial charge >= 0.3 is 0 Å². The number of thiocarbonyl (C=S) groups is 1. The van der Waals surface area contributed by atoms with Crippen LogP contribution in [-0.2, 0) is 22.2 Å². The van der Waals surface area contributed by atoms with Crippen molar-refractivity contribution in [2.45, 2.75) is 12.2 Å². The Kier molecular flexibility index (Phi) is 4.99. The third-order valence-electron chi connectivity index (χ3n) is 2.65. The van der Waals surface area contributed by atoms with E-state index >= 15 is 0 Å². The van der Waals surface area contributed by atoms with E-state index in [9.17, 15) is 8.42 Å². The number of hydrogen-bond donors (Lipinski definition) is 2. The highest BCUT2D eigenvalue weighted by Gasteiger charge is 2.12. The van der Waals surface area contributed by atoms with Gasteiger partial charge in [0.05, 0.1) is 5.75 Å². The standard InChI is InChI=1S/C12H14N4O3S2/c13-12(20)10-3-1-2-9(6-10)7-21(17,18)15-5-4-11-14-8-19-16-11/h1-3,6,8,15H,4-5,7H2,(H2,13,20). The molecule has 0 bridgehead atoms. The summed E-state index contributed by atoms with van der Waals surface area (Å²) in [6.45, 7) is 0.205. The van der Waals surface area contributed by atoms with Crippen LogP contribution in [0.3, 0.4) is 0 Å². The highest BCUT2D eigenvalue weighted by atomic mass is 32.2. The predicted molar refractivity (Wildman–Crippen MR) is 81.0 cm³/mol. The normalized spacial score (nSPS) is 11.4. The van der Waals surface area contributed by atoms with Crippen LogP contribution in [0, 0.1) is 0 Å². The Morgan fingerprint density at radius 3 is 2.90 bits per heavy atom. The van der Waals surface area contributed by atoms with Crippen LogP contribution in [-0.4, -0.2) is 30.1 Å². The van der Waals surface area contributed by atoms with E-state index in [-0.39, 0.29) is 17.3 Å². The van der Waals surface area contributed by atoms with Crippen molar-refractivity contribution in [1.82, 2.24) is 14.9 Å². The Morgan fingerprint density at radius 2 is 2.24 bits per heavy atom. The Hall–Kier alpha value is -1.84. The molecule has 2 aromatic rings. The van der Waals surface area contributed by atoms with Gasteiger partial charge in [-0.25, -0.2) is 13.1 Å². The molecule has 9 heteroatoms. The maximum Gasteiger partial charge on any atom is 0.215 e. The van der Waals surface area contributed by atoms with Crippen molar-refractivity contribution in [3.8, 4) is 0 Å². The third kappa shape index (κ3) is 4.88. The number of nitrogens with two attached hydrogens (primary N) is 1. The van der Waals surface area contributed by atoms with Crippen LogP contribution < -0.4 is 10.5 Å². The van der Waals surface area contributed by atoms with Gasteiger partial charge in [0, 0.05) is 18.5 Å². The van der Waals surface area contributed by atoms with Gasteiger partial charge in [-0.15, -0.1) is 0 Å². The van der Waals surface area contributed by atoms with E-state index in [1.807, 2.05) is 0 Å². The van der Waals surface area contributed by atoms with Gasteiger partial charge in [0.1, 0.15) is 4.99 Å². The number of benzene rings is 1. The van der Waals surface area contributed by atoms with Crippen LogP contribution in [0.15, 0.2) is 35.2 Å². The monoisotopic (exact) mass is 326 g/mol. The van der Waals surface area contributed by atoms with Crippen molar-refractivity contribution >= 4 is 27.2 Å². The Morgan fingerprint density at radius 1 is 1.43 bits per heavy atom. The zero-order valence-corrected chi connectivity index (χ0v) is 12.7. The summed E-state index contributed by atoms with van der Waals surface area (Å²) < 4.78 is 31.0. The molecule has 0 atom stereocenters. The second kappa shape index (κ2) is 6.74. The second-order valence-electron chi connectivity index (χ2n) is 4.32. The lowest BCUT2D eigenvalue weighted by atomic mass is 10.1. The first-order valence-corrected chi connectivity index (χ1v) is 8.14. The summed E-state index contributed by atoms with van der Waals surface area (Å²) in [5.74, 6) is 0.309. The average Bonchev–Trinajstić information content (AvgIpc) is 2.91. The minimum Gasteiger partial charge on any atom is -0.389 e. The van der Waals surface area contributed by atoms with Crippen molar-refractivity contribution in [2.24, 2.45) is 5.73 Å². The molecule has 0 amide bonds. The molecule has 0 aliphatic carbocycles. The lowest BCUT2D eigenvalue weighted by Gasteiger charge is -2.07. The van der Waals surface area contributed by atoms with Crippen molar-refractivity contribution < 1.29 is 12.9 Å². The molecule has 2 rings (SSSR count). The van der Waals surface area contributed by atoms with Gasteiger partial charge < -0.3 is 10.3 Å². The molecule has 112 valence electrons. The summed E-state index contributed by atoms with van der Waals surface area (Å²) in [6, 6.07) is 6.84. The Bertz CT molecular complexity index is 714. The van der Waals surface area contributed by atoms with E-state index in [1.54, 1.807) is 24.3 Å². The number of nitrogens with one attached hydrogen (secondary N) is 1. The average molecular weight is 326 g/mol. The zero-order valence-electron chi connectivity index (χ0n) is 11.0. The molecule has 0 spiro atoms. The molecule has 0 radical (unpaired) electrons. The highest BCUT2D eigenvalue weighted by molar-refractivity contribution is 7.88. The highest BCUT2D eigenvalue weighted by Crippen LogP contribution is 2.08. The summed E-state index contributed by atoms with van der Waals surface area (Å²) in [5.41, 5.74) is 6.79. The number of nitrogens with zero attached hydrogens (tertiary/aromatic N) is 2. The third-order valence-corrected chi connectivity index (χ3v) is 4.24. The van der Waals surface area contributed by atoms with E-state index < -0.39 is 10.0 Å². The number of sulfonamides is 1. The van der Waals surface area contributed by atoms with Gasteiger partial charge in [0.25, 0.3) is 0 Å². The molecular weight excluding hydrogens is 312 g/mol. The van der Waals surface area contributed by atoms with Crippen LogP contribution in [0.1, 0.15) is 17.0 Å².